The van der Waals surface area contributed by atoms with Gasteiger partial charge in [-0.15, -0.1) is 0 Å². The molecular formula is C13H9BrClFN2O. The number of carbonyl (C=O) groups is 1. The van der Waals surface area contributed by atoms with Gasteiger partial charge >= 0.3 is 0 Å². The number of benzene rings is 1. The summed E-state index contributed by atoms with van der Waals surface area (Å²) in [4.78, 5) is 16.1. The van der Waals surface area contributed by atoms with Crippen LogP contribution in [0.5, 0.6) is 0 Å². The maximum absolute atomic E-state index is 13.1. The molecular weight excluding hydrogens is 335 g/mol. The molecule has 0 radical (unpaired) electrons. The lowest BCUT2D eigenvalue weighted by molar-refractivity contribution is 0.102. The number of hydrogen-bond donors (Lipinski definition) is 1. The Balaban J connectivity index is 2.29. The Bertz CT molecular complexity index is 625. The molecule has 6 heteroatoms. The van der Waals surface area contributed by atoms with Crippen LogP contribution in [0.1, 0.15) is 16.1 Å². The normalized spacial score (nSPS) is 10.3. The summed E-state index contributed by atoms with van der Waals surface area (Å²) in [6.45, 7) is 1.79. The molecule has 0 aliphatic heterocycles. The molecule has 0 aliphatic rings. The lowest BCUT2D eigenvalue weighted by Crippen LogP contribution is -2.13. The van der Waals surface area contributed by atoms with E-state index >= 15 is 0 Å². The number of nitrogens with one attached hydrogen (secondary N) is 1. The van der Waals surface area contributed by atoms with Crippen molar-refractivity contribution in [2.24, 2.45) is 0 Å². The zero-order valence-corrected chi connectivity index (χ0v) is 12.2. The van der Waals surface area contributed by atoms with Gasteiger partial charge in [-0.3, -0.25) is 9.78 Å². The van der Waals surface area contributed by atoms with E-state index in [-0.39, 0.29) is 10.9 Å². The van der Waals surface area contributed by atoms with Gasteiger partial charge in [0.05, 0.1) is 10.7 Å². The predicted molar refractivity (Wildman–Crippen MR) is 76.0 cm³/mol. The van der Waals surface area contributed by atoms with Gasteiger partial charge in [0.15, 0.2) is 0 Å². The Morgan fingerprint density at radius 2 is 2.16 bits per heavy atom. The molecule has 0 bridgehead atoms. The van der Waals surface area contributed by atoms with Crippen LogP contribution in [0.2, 0.25) is 5.02 Å². The highest BCUT2D eigenvalue weighted by atomic mass is 79.9. The fraction of sp³-hybridized carbons (Fsp3) is 0.0769. The first-order valence-electron chi connectivity index (χ1n) is 5.36. The largest absolute Gasteiger partial charge is 0.320 e. The Hall–Kier alpha value is -1.46. The summed E-state index contributed by atoms with van der Waals surface area (Å²) in [5, 5.41) is 2.77. The van der Waals surface area contributed by atoms with E-state index in [4.69, 9.17) is 11.6 Å². The minimum atomic E-state index is -0.477. The van der Waals surface area contributed by atoms with Crippen molar-refractivity contribution in [1.82, 2.24) is 4.98 Å². The molecule has 0 atom stereocenters. The van der Waals surface area contributed by atoms with Crippen LogP contribution in [0, 0.1) is 12.7 Å². The van der Waals surface area contributed by atoms with Gasteiger partial charge in [0, 0.05) is 21.9 Å². The summed E-state index contributed by atoms with van der Waals surface area (Å²) in [5.41, 5.74) is 1.53. The van der Waals surface area contributed by atoms with E-state index in [1.807, 2.05) is 0 Å². The van der Waals surface area contributed by atoms with Gasteiger partial charge in [0.25, 0.3) is 5.91 Å². The minimum absolute atomic E-state index is 0.131. The molecule has 2 rings (SSSR count). The van der Waals surface area contributed by atoms with E-state index in [9.17, 15) is 9.18 Å². The number of aryl methyl sites for hydroxylation is 1. The summed E-state index contributed by atoms with van der Waals surface area (Å²) < 4.78 is 13.5. The molecule has 0 saturated heterocycles. The van der Waals surface area contributed by atoms with E-state index in [0.717, 1.165) is 11.8 Å². The number of aromatic nitrogens is 1. The number of rotatable bonds is 2. The first-order valence-corrected chi connectivity index (χ1v) is 6.53. The van der Waals surface area contributed by atoms with Crippen LogP contribution in [-0.2, 0) is 0 Å². The molecule has 0 unspecified atom stereocenters. The molecule has 0 aliphatic carbocycles. The number of nitrogens with zero attached hydrogens (tertiary/aromatic N) is 1. The van der Waals surface area contributed by atoms with E-state index in [0.29, 0.717) is 15.7 Å². The number of hydrogen-bond acceptors (Lipinski definition) is 2. The number of amides is 1. The van der Waals surface area contributed by atoms with Crippen LogP contribution in [0.15, 0.2) is 34.9 Å². The monoisotopic (exact) mass is 342 g/mol. The zero-order chi connectivity index (χ0) is 14.0. The summed E-state index contributed by atoms with van der Waals surface area (Å²) in [5.74, 6) is -0.811. The SMILES string of the molecule is Cc1cc(C(=O)Nc2c(Cl)cc(F)cc2Br)ccn1. The van der Waals surface area contributed by atoms with Crippen molar-refractivity contribution in [1.29, 1.82) is 0 Å². The van der Waals surface area contributed by atoms with E-state index < -0.39 is 5.82 Å². The maximum Gasteiger partial charge on any atom is 0.255 e. The van der Waals surface area contributed by atoms with Crippen molar-refractivity contribution in [3.05, 3.63) is 57.0 Å². The number of carbonyl (C=O) groups excluding carboxylic acids is 1. The molecule has 1 aromatic carbocycles. The summed E-state index contributed by atoms with van der Waals surface area (Å²) in [7, 11) is 0. The average molecular weight is 344 g/mol. The summed E-state index contributed by atoms with van der Waals surface area (Å²) in [6, 6.07) is 5.62. The van der Waals surface area contributed by atoms with Crippen molar-refractivity contribution < 1.29 is 9.18 Å². The molecule has 1 heterocycles. The highest BCUT2D eigenvalue weighted by Gasteiger charge is 2.13. The quantitative estimate of drug-likeness (QED) is 0.888. The van der Waals surface area contributed by atoms with Crippen molar-refractivity contribution in [3.63, 3.8) is 0 Å². The molecule has 1 N–H and O–H groups in total. The Kier molecular flexibility index (Phi) is 4.17. The summed E-state index contributed by atoms with van der Waals surface area (Å²) >= 11 is 9.06. The average Bonchev–Trinajstić information content (AvgIpc) is 2.33. The zero-order valence-electron chi connectivity index (χ0n) is 9.88. The molecule has 3 nitrogen and oxygen atoms in total. The topological polar surface area (TPSA) is 42.0 Å². The Morgan fingerprint density at radius 1 is 1.42 bits per heavy atom. The van der Waals surface area contributed by atoms with Gasteiger partial charge in [0.2, 0.25) is 0 Å². The molecule has 19 heavy (non-hydrogen) atoms. The third-order valence-electron chi connectivity index (χ3n) is 2.40. The minimum Gasteiger partial charge on any atom is -0.320 e. The van der Waals surface area contributed by atoms with Crippen molar-refractivity contribution in [2.75, 3.05) is 5.32 Å². The third kappa shape index (κ3) is 3.30. The van der Waals surface area contributed by atoms with Gasteiger partial charge in [-0.2, -0.15) is 0 Å². The third-order valence-corrected chi connectivity index (χ3v) is 3.33. The fourth-order valence-electron chi connectivity index (χ4n) is 1.53. The van der Waals surface area contributed by atoms with E-state index in [2.05, 4.69) is 26.2 Å². The van der Waals surface area contributed by atoms with Crippen LogP contribution in [-0.4, -0.2) is 10.9 Å². The number of pyridine rings is 1. The van der Waals surface area contributed by atoms with E-state index in [1.165, 1.54) is 6.07 Å². The molecule has 0 spiro atoms. The lowest BCUT2D eigenvalue weighted by Gasteiger charge is -2.10. The van der Waals surface area contributed by atoms with Crippen molar-refractivity contribution in [2.45, 2.75) is 6.92 Å². The van der Waals surface area contributed by atoms with Crippen LogP contribution in [0.3, 0.4) is 0 Å². The van der Waals surface area contributed by atoms with Gasteiger partial charge in [0.1, 0.15) is 5.82 Å². The van der Waals surface area contributed by atoms with Crippen LogP contribution in [0.4, 0.5) is 10.1 Å². The van der Waals surface area contributed by atoms with Crippen molar-refractivity contribution >= 4 is 39.1 Å². The molecule has 0 fully saturated rings. The Morgan fingerprint density at radius 3 is 2.79 bits per heavy atom. The van der Waals surface area contributed by atoms with Gasteiger partial charge in [-0.25, -0.2) is 4.39 Å². The van der Waals surface area contributed by atoms with Crippen LogP contribution >= 0.6 is 27.5 Å². The summed E-state index contributed by atoms with van der Waals surface area (Å²) in [6.07, 6.45) is 1.55. The Labute approximate surface area is 122 Å². The first-order chi connectivity index (χ1) is 8.97. The fourth-order valence-corrected chi connectivity index (χ4v) is 2.43. The van der Waals surface area contributed by atoms with Gasteiger partial charge < -0.3 is 5.32 Å². The molecule has 1 amide bonds. The maximum atomic E-state index is 13.1. The van der Waals surface area contributed by atoms with E-state index in [1.54, 1.807) is 25.3 Å². The van der Waals surface area contributed by atoms with Gasteiger partial charge in [-0.1, -0.05) is 11.6 Å². The second kappa shape index (κ2) is 5.67. The molecule has 2 aromatic rings. The molecule has 98 valence electrons. The molecule has 0 saturated carbocycles. The van der Waals surface area contributed by atoms with Crippen LogP contribution < -0.4 is 5.32 Å². The highest BCUT2D eigenvalue weighted by Crippen LogP contribution is 2.32. The second-order valence-electron chi connectivity index (χ2n) is 3.88. The van der Waals surface area contributed by atoms with Gasteiger partial charge in [-0.05, 0) is 47.1 Å². The number of anilines is 1. The second-order valence-corrected chi connectivity index (χ2v) is 5.15. The molecule has 1 aromatic heterocycles. The number of halogens is 3. The highest BCUT2D eigenvalue weighted by molar-refractivity contribution is 9.10. The lowest BCUT2D eigenvalue weighted by atomic mass is 10.2. The first kappa shape index (κ1) is 14.0. The smallest absolute Gasteiger partial charge is 0.255 e. The predicted octanol–water partition coefficient (Wildman–Crippen LogP) is 4.20. The standard InChI is InChI=1S/C13H9BrClFN2O/c1-7-4-8(2-3-17-7)13(19)18-12-10(14)5-9(16)6-11(12)15/h2-6H,1H3,(H,18,19). The van der Waals surface area contributed by atoms with Crippen molar-refractivity contribution in [3.8, 4) is 0 Å². The van der Waals surface area contributed by atoms with Crippen LogP contribution in [0.25, 0.3) is 0 Å².